The SMILES string of the molecule is CC(NS(=O)(=O)c1ncc(Br)c2ccccc12)C(F)(F)F. The van der Waals surface area contributed by atoms with Crippen LogP contribution in [-0.2, 0) is 10.0 Å². The average molecular weight is 383 g/mol. The van der Waals surface area contributed by atoms with Crippen LogP contribution in [-0.4, -0.2) is 25.6 Å². The van der Waals surface area contributed by atoms with E-state index >= 15 is 0 Å². The summed E-state index contributed by atoms with van der Waals surface area (Å²) < 4.78 is 64.0. The summed E-state index contributed by atoms with van der Waals surface area (Å²) >= 11 is 3.22. The monoisotopic (exact) mass is 382 g/mol. The van der Waals surface area contributed by atoms with Gasteiger partial charge in [-0.1, -0.05) is 24.3 Å². The lowest BCUT2D eigenvalue weighted by atomic mass is 10.2. The number of hydrogen-bond donors (Lipinski definition) is 1. The van der Waals surface area contributed by atoms with Crippen LogP contribution in [0.1, 0.15) is 6.92 Å². The minimum atomic E-state index is -4.67. The molecule has 0 bridgehead atoms. The molecule has 4 nitrogen and oxygen atoms in total. The van der Waals surface area contributed by atoms with Crippen molar-refractivity contribution in [1.29, 1.82) is 0 Å². The van der Waals surface area contributed by atoms with E-state index in [2.05, 4.69) is 20.9 Å². The van der Waals surface area contributed by atoms with E-state index in [9.17, 15) is 21.6 Å². The second-order valence-corrected chi connectivity index (χ2v) is 6.83. The molecular weight excluding hydrogens is 373 g/mol. The third kappa shape index (κ3) is 3.35. The molecule has 1 aromatic heterocycles. The largest absolute Gasteiger partial charge is 0.404 e. The fourth-order valence-electron chi connectivity index (χ4n) is 1.70. The Morgan fingerprint density at radius 3 is 2.38 bits per heavy atom. The minimum Gasteiger partial charge on any atom is -0.242 e. The normalized spacial score (nSPS) is 14.3. The van der Waals surface area contributed by atoms with Crippen LogP contribution in [0.5, 0.6) is 0 Å². The average Bonchev–Trinajstić information content (AvgIpc) is 2.37. The zero-order valence-corrected chi connectivity index (χ0v) is 13.1. The summed E-state index contributed by atoms with van der Waals surface area (Å²) in [5, 5.41) is 0.360. The van der Waals surface area contributed by atoms with Gasteiger partial charge in [-0.2, -0.15) is 17.9 Å². The van der Waals surface area contributed by atoms with Gasteiger partial charge in [-0.05, 0) is 22.9 Å². The van der Waals surface area contributed by atoms with Crippen molar-refractivity contribution in [3.63, 3.8) is 0 Å². The van der Waals surface area contributed by atoms with Crippen molar-refractivity contribution in [3.8, 4) is 0 Å². The molecule has 1 heterocycles. The summed E-state index contributed by atoms with van der Waals surface area (Å²) in [4.78, 5) is 3.75. The van der Waals surface area contributed by atoms with Gasteiger partial charge in [-0.15, -0.1) is 0 Å². The standard InChI is InChI=1S/C12H10BrF3N2O2S/c1-7(12(14,15)16)18-21(19,20)11-9-5-3-2-4-8(9)10(13)6-17-11/h2-7,18H,1H3. The topological polar surface area (TPSA) is 59.1 Å². The van der Waals surface area contributed by atoms with Crippen LogP contribution in [0.3, 0.4) is 0 Å². The Balaban J connectivity index is 2.54. The third-order valence-electron chi connectivity index (χ3n) is 2.79. The molecule has 114 valence electrons. The number of nitrogens with one attached hydrogen (secondary N) is 1. The highest BCUT2D eigenvalue weighted by Gasteiger charge is 2.39. The van der Waals surface area contributed by atoms with Gasteiger partial charge in [0.25, 0.3) is 10.0 Å². The minimum absolute atomic E-state index is 0.244. The maximum Gasteiger partial charge on any atom is 0.404 e. The number of sulfonamides is 1. The number of alkyl halides is 3. The zero-order chi connectivity index (χ0) is 15.8. The predicted octanol–water partition coefficient (Wildman–Crippen LogP) is 3.23. The molecule has 0 aliphatic carbocycles. The van der Waals surface area contributed by atoms with Gasteiger partial charge in [0, 0.05) is 21.4 Å². The molecule has 2 aromatic rings. The molecule has 0 radical (unpaired) electrons. The molecule has 1 aromatic carbocycles. The Morgan fingerprint density at radius 2 is 1.81 bits per heavy atom. The molecule has 1 N–H and O–H groups in total. The van der Waals surface area contributed by atoms with Gasteiger partial charge in [0.15, 0.2) is 5.03 Å². The van der Waals surface area contributed by atoms with E-state index in [-0.39, 0.29) is 5.39 Å². The van der Waals surface area contributed by atoms with E-state index in [0.29, 0.717) is 9.86 Å². The first kappa shape index (κ1) is 16.2. The van der Waals surface area contributed by atoms with Gasteiger partial charge in [-0.3, -0.25) is 0 Å². The summed E-state index contributed by atoms with van der Waals surface area (Å²) in [6, 6.07) is 4.21. The molecule has 0 saturated carbocycles. The Morgan fingerprint density at radius 1 is 1.24 bits per heavy atom. The molecule has 9 heteroatoms. The Kier molecular flexibility index (Phi) is 4.27. The van der Waals surface area contributed by atoms with E-state index in [1.165, 1.54) is 12.3 Å². The van der Waals surface area contributed by atoms with E-state index in [0.717, 1.165) is 6.92 Å². The van der Waals surface area contributed by atoms with Gasteiger partial charge in [0.2, 0.25) is 0 Å². The number of pyridine rings is 1. The lowest BCUT2D eigenvalue weighted by Crippen LogP contribution is -2.43. The number of halogens is 4. The summed E-state index contributed by atoms with van der Waals surface area (Å²) in [5.41, 5.74) is 0. The Hall–Kier alpha value is -1.19. The van der Waals surface area contributed by atoms with Gasteiger partial charge in [0.1, 0.15) is 6.04 Å². The van der Waals surface area contributed by atoms with Crippen molar-refractivity contribution in [2.45, 2.75) is 24.2 Å². The molecule has 21 heavy (non-hydrogen) atoms. The lowest BCUT2D eigenvalue weighted by Gasteiger charge is -2.17. The van der Waals surface area contributed by atoms with Crippen molar-refractivity contribution in [1.82, 2.24) is 9.71 Å². The highest BCUT2D eigenvalue weighted by atomic mass is 79.9. The van der Waals surface area contributed by atoms with E-state index < -0.39 is 27.3 Å². The summed E-state index contributed by atoms with van der Waals surface area (Å²) in [6.07, 6.45) is -3.42. The van der Waals surface area contributed by atoms with E-state index in [4.69, 9.17) is 0 Å². The number of rotatable bonds is 3. The summed E-state index contributed by atoms with van der Waals surface area (Å²) in [5.74, 6) is 0. The van der Waals surface area contributed by atoms with E-state index in [1.54, 1.807) is 22.9 Å². The predicted molar refractivity (Wildman–Crippen MR) is 75.3 cm³/mol. The molecule has 0 aliphatic heterocycles. The van der Waals surface area contributed by atoms with Crippen molar-refractivity contribution < 1.29 is 21.6 Å². The second-order valence-electron chi connectivity index (χ2n) is 4.34. The summed E-state index contributed by atoms with van der Waals surface area (Å²) in [7, 11) is -4.39. The van der Waals surface area contributed by atoms with Crippen LogP contribution >= 0.6 is 15.9 Å². The number of aromatic nitrogens is 1. The van der Waals surface area contributed by atoms with Crippen molar-refractivity contribution in [3.05, 3.63) is 34.9 Å². The van der Waals surface area contributed by atoms with E-state index in [1.807, 2.05) is 0 Å². The smallest absolute Gasteiger partial charge is 0.242 e. The molecule has 1 atom stereocenters. The molecule has 0 saturated heterocycles. The maximum absolute atomic E-state index is 12.5. The van der Waals surface area contributed by atoms with Crippen molar-refractivity contribution in [2.75, 3.05) is 0 Å². The van der Waals surface area contributed by atoms with Crippen molar-refractivity contribution >= 4 is 36.7 Å². The number of benzene rings is 1. The molecular formula is C12H10BrF3N2O2S. The zero-order valence-electron chi connectivity index (χ0n) is 10.6. The van der Waals surface area contributed by atoms with Crippen LogP contribution in [0, 0.1) is 0 Å². The highest BCUT2D eigenvalue weighted by Crippen LogP contribution is 2.28. The number of fused-ring (bicyclic) bond motifs is 1. The van der Waals surface area contributed by atoms with Crippen LogP contribution in [0.25, 0.3) is 10.8 Å². The molecule has 0 fully saturated rings. The second kappa shape index (κ2) is 5.54. The van der Waals surface area contributed by atoms with Gasteiger partial charge >= 0.3 is 6.18 Å². The first-order valence-corrected chi connectivity index (χ1v) is 8.03. The highest BCUT2D eigenvalue weighted by molar-refractivity contribution is 9.10. The Labute approximate surface area is 127 Å². The number of nitrogens with zero attached hydrogens (tertiary/aromatic N) is 1. The van der Waals surface area contributed by atoms with Crippen LogP contribution in [0.15, 0.2) is 40.0 Å². The summed E-state index contributed by atoms with van der Waals surface area (Å²) in [6.45, 7) is 0.735. The quantitative estimate of drug-likeness (QED) is 0.886. The van der Waals surface area contributed by atoms with Crippen LogP contribution < -0.4 is 4.72 Å². The fourth-order valence-corrected chi connectivity index (χ4v) is 3.52. The van der Waals surface area contributed by atoms with Crippen LogP contribution in [0.2, 0.25) is 0 Å². The molecule has 0 amide bonds. The van der Waals surface area contributed by atoms with Gasteiger partial charge < -0.3 is 0 Å². The van der Waals surface area contributed by atoms with Crippen LogP contribution in [0.4, 0.5) is 13.2 Å². The molecule has 2 rings (SSSR count). The molecule has 0 aliphatic rings. The molecule has 1 unspecified atom stereocenters. The maximum atomic E-state index is 12.5. The Bertz CT molecular complexity index is 778. The number of hydrogen-bond acceptors (Lipinski definition) is 3. The van der Waals surface area contributed by atoms with Gasteiger partial charge in [0.05, 0.1) is 0 Å². The van der Waals surface area contributed by atoms with Gasteiger partial charge in [-0.25, -0.2) is 13.4 Å². The lowest BCUT2D eigenvalue weighted by molar-refractivity contribution is -0.147. The molecule has 0 spiro atoms. The van der Waals surface area contributed by atoms with Crippen molar-refractivity contribution in [2.24, 2.45) is 0 Å². The third-order valence-corrected chi connectivity index (χ3v) is 4.92. The first-order chi connectivity index (χ1) is 9.63. The fraction of sp³-hybridized carbons (Fsp3) is 0.250. The first-order valence-electron chi connectivity index (χ1n) is 5.75.